The first-order valence-electron chi connectivity index (χ1n) is 7.15. The summed E-state index contributed by atoms with van der Waals surface area (Å²) in [5, 5.41) is 0. The molecule has 0 saturated heterocycles. The van der Waals surface area contributed by atoms with Gasteiger partial charge >= 0.3 is 5.97 Å². The predicted octanol–water partition coefficient (Wildman–Crippen LogP) is 4.59. The van der Waals surface area contributed by atoms with Crippen molar-refractivity contribution >= 4 is 12.0 Å². The van der Waals surface area contributed by atoms with Crippen LogP contribution >= 0.6 is 0 Å². The van der Waals surface area contributed by atoms with Crippen LogP contribution in [0.15, 0.2) is 29.8 Å². The Labute approximate surface area is 122 Å². The first-order valence-corrected chi connectivity index (χ1v) is 7.15. The number of esters is 1. The lowest BCUT2D eigenvalue weighted by Gasteiger charge is -2.22. The maximum absolute atomic E-state index is 11.0. The summed E-state index contributed by atoms with van der Waals surface area (Å²) < 4.78 is 5.16. The van der Waals surface area contributed by atoms with Crippen LogP contribution in [0.5, 0.6) is 0 Å². The quantitative estimate of drug-likeness (QED) is 0.751. The van der Waals surface area contributed by atoms with Crippen LogP contribution < -0.4 is 0 Å². The van der Waals surface area contributed by atoms with Gasteiger partial charge in [-0.15, -0.1) is 0 Å². The average molecular weight is 274 g/mol. The lowest BCUT2D eigenvalue weighted by atomic mass is 9.83. The van der Waals surface area contributed by atoms with Crippen LogP contribution in [0.4, 0.5) is 0 Å². The zero-order valence-corrected chi connectivity index (χ0v) is 13.5. The van der Waals surface area contributed by atoms with Crippen molar-refractivity contribution in [2.75, 3.05) is 6.61 Å². The number of hydrogen-bond donors (Lipinski definition) is 0. The van der Waals surface area contributed by atoms with Gasteiger partial charge in [-0.05, 0) is 28.0 Å². The molecule has 0 N–H and O–H groups in total. The molecule has 0 saturated carbocycles. The molecule has 2 heteroatoms. The smallest absolute Gasteiger partial charge is 0.302 e. The maximum Gasteiger partial charge on any atom is 0.302 e. The van der Waals surface area contributed by atoms with Crippen LogP contribution in [0.1, 0.15) is 52.7 Å². The molecule has 1 aromatic carbocycles. The van der Waals surface area contributed by atoms with Gasteiger partial charge in [0.05, 0.1) is 0 Å². The first-order chi connectivity index (χ1) is 9.21. The molecule has 2 nitrogen and oxygen atoms in total. The SMILES string of the molecule is CC(=O)OCC(=Cc1ccccc1C(C)(C)C)C(C)C. The Hall–Kier alpha value is -1.57. The van der Waals surface area contributed by atoms with E-state index in [1.165, 1.54) is 18.1 Å². The molecular formula is C18H26O2. The van der Waals surface area contributed by atoms with Gasteiger partial charge in [0.25, 0.3) is 0 Å². The predicted molar refractivity (Wildman–Crippen MR) is 84.6 cm³/mol. The summed E-state index contributed by atoms with van der Waals surface area (Å²) >= 11 is 0. The molecule has 0 fully saturated rings. The fraction of sp³-hybridized carbons (Fsp3) is 0.500. The van der Waals surface area contributed by atoms with Crippen molar-refractivity contribution in [3.63, 3.8) is 0 Å². The third-order valence-electron chi connectivity index (χ3n) is 3.29. The summed E-state index contributed by atoms with van der Waals surface area (Å²) in [6.45, 7) is 12.7. The van der Waals surface area contributed by atoms with Crippen molar-refractivity contribution in [3.05, 3.63) is 41.0 Å². The second kappa shape index (κ2) is 6.74. The fourth-order valence-electron chi connectivity index (χ4n) is 2.07. The van der Waals surface area contributed by atoms with Gasteiger partial charge in [-0.25, -0.2) is 0 Å². The molecule has 0 aliphatic carbocycles. The molecule has 0 aliphatic heterocycles. The Kier molecular flexibility index (Phi) is 5.55. The van der Waals surface area contributed by atoms with Crippen LogP contribution in [-0.2, 0) is 14.9 Å². The fourth-order valence-corrected chi connectivity index (χ4v) is 2.07. The summed E-state index contributed by atoms with van der Waals surface area (Å²) in [5.41, 5.74) is 3.74. The number of rotatable bonds is 4. The normalized spacial score (nSPS) is 12.7. The molecule has 110 valence electrons. The third-order valence-corrected chi connectivity index (χ3v) is 3.29. The molecule has 1 rings (SSSR count). The highest BCUT2D eigenvalue weighted by Gasteiger charge is 2.17. The van der Waals surface area contributed by atoms with E-state index in [2.05, 4.69) is 58.9 Å². The molecular weight excluding hydrogens is 248 g/mol. The van der Waals surface area contributed by atoms with Gasteiger partial charge in [0.15, 0.2) is 0 Å². The highest BCUT2D eigenvalue weighted by atomic mass is 16.5. The van der Waals surface area contributed by atoms with Crippen molar-refractivity contribution in [2.45, 2.75) is 47.0 Å². The number of benzene rings is 1. The molecule has 0 heterocycles. The van der Waals surface area contributed by atoms with Crippen molar-refractivity contribution in [1.82, 2.24) is 0 Å². The molecule has 1 aromatic rings. The van der Waals surface area contributed by atoms with Crippen molar-refractivity contribution < 1.29 is 9.53 Å². The maximum atomic E-state index is 11.0. The second-order valence-corrected chi connectivity index (χ2v) is 6.49. The van der Waals surface area contributed by atoms with Gasteiger partial charge in [0.2, 0.25) is 0 Å². The zero-order chi connectivity index (χ0) is 15.3. The monoisotopic (exact) mass is 274 g/mol. The zero-order valence-electron chi connectivity index (χ0n) is 13.5. The van der Waals surface area contributed by atoms with Crippen LogP contribution in [0.2, 0.25) is 0 Å². The van der Waals surface area contributed by atoms with Gasteiger partial charge < -0.3 is 4.74 Å². The number of ether oxygens (including phenoxy) is 1. The Morgan fingerprint density at radius 1 is 1.25 bits per heavy atom. The van der Waals surface area contributed by atoms with E-state index in [0.29, 0.717) is 12.5 Å². The van der Waals surface area contributed by atoms with Gasteiger partial charge in [0.1, 0.15) is 6.61 Å². The molecule has 0 bridgehead atoms. The van der Waals surface area contributed by atoms with E-state index in [9.17, 15) is 4.79 Å². The summed E-state index contributed by atoms with van der Waals surface area (Å²) in [7, 11) is 0. The standard InChI is InChI=1S/C18H26O2/c1-13(2)16(12-20-14(3)19)11-15-9-7-8-10-17(15)18(4,5)6/h7-11,13H,12H2,1-6H3. The van der Waals surface area contributed by atoms with Crippen LogP contribution in [0.25, 0.3) is 6.08 Å². The van der Waals surface area contributed by atoms with E-state index in [1.54, 1.807) is 0 Å². The van der Waals surface area contributed by atoms with E-state index in [4.69, 9.17) is 4.74 Å². The Bertz CT molecular complexity index is 490. The molecule has 0 aliphatic rings. The van der Waals surface area contributed by atoms with E-state index >= 15 is 0 Å². The lowest BCUT2D eigenvalue weighted by Crippen LogP contribution is -2.13. The minimum Gasteiger partial charge on any atom is -0.461 e. The molecule has 20 heavy (non-hydrogen) atoms. The summed E-state index contributed by atoms with van der Waals surface area (Å²) in [6.07, 6.45) is 2.16. The summed E-state index contributed by atoms with van der Waals surface area (Å²) in [6, 6.07) is 8.40. The highest BCUT2D eigenvalue weighted by molar-refractivity contribution is 5.66. The van der Waals surface area contributed by atoms with Crippen LogP contribution in [0, 0.1) is 5.92 Å². The first kappa shape index (κ1) is 16.5. The number of carbonyl (C=O) groups is 1. The van der Waals surface area contributed by atoms with Crippen molar-refractivity contribution in [3.8, 4) is 0 Å². The molecule has 0 spiro atoms. The van der Waals surface area contributed by atoms with Crippen molar-refractivity contribution in [1.29, 1.82) is 0 Å². The largest absolute Gasteiger partial charge is 0.461 e. The number of carbonyl (C=O) groups excluding carboxylic acids is 1. The second-order valence-electron chi connectivity index (χ2n) is 6.49. The van der Waals surface area contributed by atoms with E-state index < -0.39 is 0 Å². The Morgan fingerprint density at radius 2 is 1.85 bits per heavy atom. The van der Waals surface area contributed by atoms with Crippen LogP contribution in [-0.4, -0.2) is 12.6 Å². The number of hydrogen-bond acceptors (Lipinski definition) is 2. The lowest BCUT2D eigenvalue weighted by molar-refractivity contribution is -0.140. The van der Waals surface area contributed by atoms with E-state index in [-0.39, 0.29) is 11.4 Å². The highest BCUT2D eigenvalue weighted by Crippen LogP contribution is 2.28. The minimum absolute atomic E-state index is 0.0939. The molecule has 0 amide bonds. The average Bonchev–Trinajstić information content (AvgIpc) is 2.33. The summed E-state index contributed by atoms with van der Waals surface area (Å²) in [5.74, 6) is 0.114. The third kappa shape index (κ3) is 4.84. The Morgan fingerprint density at radius 3 is 2.35 bits per heavy atom. The molecule has 0 unspecified atom stereocenters. The van der Waals surface area contributed by atoms with E-state index in [1.807, 2.05) is 6.07 Å². The molecule has 0 atom stereocenters. The van der Waals surface area contributed by atoms with Crippen molar-refractivity contribution in [2.24, 2.45) is 5.92 Å². The van der Waals surface area contributed by atoms with Gasteiger partial charge in [-0.2, -0.15) is 0 Å². The van der Waals surface area contributed by atoms with E-state index in [0.717, 1.165) is 5.57 Å². The summed E-state index contributed by atoms with van der Waals surface area (Å²) in [4.78, 5) is 11.0. The molecule has 0 radical (unpaired) electrons. The van der Waals surface area contributed by atoms with Gasteiger partial charge in [-0.3, -0.25) is 4.79 Å². The minimum atomic E-state index is -0.236. The molecule has 0 aromatic heterocycles. The Balaban J connectivity index is 3.14. The topological polar surface area (TPSA) is 26.3 Å². The van der Waals surface area contributed by atoms with Gasteiger partial charge in [0, 0.05) is 6.92 Å². The van der Waals surface area contributed by atoms with Gasteiger partial charge in [-0.1, -0.05) is 65.0 Å². The van der Waals surface area contributed by atoms with Crippen LogP contribution in [0.3, 0.4) is 0 Å².